The van der Waals surface area contributed by atoms with Gasteiger partial charge < -0.3 is 10.2 Å². The van der Waals surface area contributed by atoms with Crippen LogP contribution in [0.4, 0.5) is 17.3 Å². The van der Waals surface area contributed by atoms with Crippen LogP contribution in [-0.4, -0.2) is 22.5 Å². The number of likely N-dealkylation sites (N-methyl/N-ethyl adjacent to an activating group) is 1. The van der Waals surface area contributed by atoms with Crippen molar-refractivity contribution in [3.63, 3.8) is 0 Å². The number of rotatable bonds is 5. The molecule has 1 heterocycles. The fourth-order valence-electron chi connectivity index (χ4n) is 3.08. The fraction of sp³-hybridized carbons (Fsp3) is 0.227. The van der Waals surface area contributed by atoms with Crippen molar-refractivity contribution in [2.45, 2.75) is 27.3 Å². The molecule has 3 rings (SSSR count). The molecule has 6 heteroatoms. The number of anilines is 3. The van der Waals surface area contributed by atoms with Gasteiger partial charge in [0.25, 0.3) is 5.56 Å². The van der Waals surface area contributed by atoms with Gasteiger partial charge in [0.05, 0.1) is 0 Å². The third kappa shape index (κ3) is 4.46. The Morgan fingerprint density at radius 2 is 1.68 bits per heavy atom. The topological polar surface area (TPSA) is 67.2 Å². The maximum absolute atomic E-state index is 12.8. The van der Waals surface area contributed by atoms with E-state index in [1.807, 2.05) is 56.3 Å². The van der Waals surface area contributed by atoms with Gasteiger partial charge in [0, 0.05) is 30.2 Å². The number of carbonyl (C=O) groups is 1. The molecular formula is C22H24N4O2. The lowest BCUT2D eigenvalue weighted by atomic mass is 10.1. The summed E-state index contributed by atoms with van der Waals surface area (Å²) in [5.41, 5.74) is 4.12. The minimum atomic E-state index is -0.269. The molecule has 1 N–H and O–H groups in total. The summed E-state index contributed by atoms with van der Waals surface area (Å²) in [6, 6.07) is 16.8. The maximum Gasteiger partial charge on any atom is 0.255 e. The van der Waals surface area contributed by atoms with Gasteiger partial charge in [0.1, 0.15) is 6.54 Å². The fourth-order valence-corrected chi connectivity index (χ4v) is 3.08. The predicted molar refractivity (Wildman–Crippen MR) is 112 cm³/mol. The van der Waals surface area contributed by atoms with Gasteiger partial charge in [-0.15, -0.1) is 0 Å². The SMILES string of the molecule is Cc1cc(C)cc(Nc2nc(C)cc(=O)n2CC(=O)N(C)c2ccccc2)c1. The van der Waals surface area contributed by atoms with E-state index in [1.165, 1.54) is 15.5 Å². The van der Waals surface area contributed by atoms with Crippen LogP contribution < -0.4 is 15.8 Å². The molecule has 0 unspecified atom stereocenters. The molecule has 0 bridgehead atoms. The van der Waals surface area contributed by atoms with Crippen LogP contribution in [0.2, 0.25) is 0 Å². The molecule has 2 aromatic carbocycles. The number of aromatic nitrogens is 2. The van der Waals surface area contributed by atoms with Crippen LogP contribution in [-0.2, 0) is 11.3 Å². The van der Waals surface area contributed by atoms with Crippen molar-refractivity contribution in [2.75, 3.05) is 17.3 Å². The van der Waals surface area contributed by atoms with Crippen LogP contribution in [0.25, 0.3) is 0 Å². The van der Waals surface area contributed by atoms with Crippen molar-refractivity contribution in [3.05, 3.63) is 81.8 Å². The summed E-state index contributed by atoms with van der Waals surface area (Å²) in [5, 5.41) is 3.20. The monoisotopic (exact) mass is 376 g/mol. The van der Waals surface area contributed by atoms with Gasteiger partial charge in [-0.3, -0.25) is 14.2 Å². The largest absolute Gasteiger partial charge is 0.325 e. The average molecular weight is 376 g/mol. The van der Waals surface area contributed by atoms with Crippen molar-refractivity contribution in [2.24, 2.45) is 0 Å². The van der Waals surface area contributed by atoms with Crippen molar-refractivity contribution in [3.8, 4) is 0 Å². The molecule has 28 heavy (non-hydrogen) atoms. The van der Waals surface area contributed by atoms with Gasteiger partial charge in [-0.1, -0.05) is 24.3 Å². The van der Waals surface area contributed by atoms with E-state index in [0.717, 1.165) is 22.5 Å². The molecule has 1 aromatic heterocycles. The molecule has 0 fully saturated rings. The number of amides is 1. The molecule has 0 aliphatic carbocycles. The number of carbonyl (C=O) groups excluding carboxylic acids is 1. The molecule has 0 spiro atoms. The van der Waals surface area contributed by atoms with E-state index >= 15 is 0 Å². The summed E-state index contributed by atoms with van der Waals surface area (Å²) in [6.07, 6.45) is 0. The van der Waals surface area contributed by atoms with Crippen LogP contribution >= 0.6 is 0 Å². The predicted octanol–water partition coefficient (Wildman–Crippen LogP) is 3.58. The van der Waals surface area contributed by atoms with E-state index in [0.29, 0.717) is 11.6 Å². The Morgan fingerprint density at radius 3 is 2.32 bits per heavy atom. The number of aryl methyl sites for hydroxylation is 3. The summed E-state index contributed by atoms with van der Waals surface area (Å²) >= 11 is 0. The zero-order valence-corrected chi connectivity index (χ0v) is 16.6. The second kappa shape index (κ2) is 8.08. The molecule has 3 aromatic rings. The summed E-state index contributed by atoms with van der Waals surface area (Å²) in [7, 11) is 1.70. The Kier molecular flexibility index (Phi) is 5.59. The minimum Gasteiger partial charge on any atom is -0.325 e. The lowest BCUT2D eigenvalue weighted by molar-refractivity contribution is -0.118. The Labute approximate surface area is 164 Å². The lowest BCUT2D eigenvalue weighted by Crippen LogP contribution is -2.35. The number of benzene rings is 2. The molecule has 0 radical (unpaired) electrons. The number of para-hydroxylation sites is 1. The minimum absolute atomic E-state index is 0.107. The first-order valence-electron chi connectivity index (χ1n) is 9.09. The highest BCUT2D eigenvalue weighted by molar-refractivity contribution is 5.92. The normalized spacial score (nSPS) is 10.6. The van der Waals surface area contributed by atoms with E-state index in [9.17, 15) is 9.59 Å². The Balaban J connectivity index is 1.92. The summed E-state index contributed by atoms with van der Waals surface area (Å²) < 4.78 is 1.37. The zero-order valence-electron chi connectivity index (χ0n) is 16.6. The van der Waals surface area contributed by atoms with E-state index < -0.39 is 0 Å². The maximum atomic E-state index is 12.8. The smallest absolute Gasteiger partial charge is 0.255 e. The van der Waals surface area contributed by atoms with Crippen molar-refractivity contribution < 1.29 is 4.79 Å². The molecule has 144 valence electrons. The highest BCUT2D eigenvalue weighted by Crippen LogP contribution is 2.18. The molecule has 0 aliphatic rings. The zero-order chi connectivity index (χ0) is 20.3. The standard InChI is InChI=1S/C22H24N4O2/c1-15-10-16(2)12-18(11-15)24-22-23-17(3)13-20(27)26(22)14-21(28)25(4)19-8-6-5-7-9-19/h5-13H,14H2,1-4H3,(H,23,24). The van der Waals surface area contributed by atoms with Gasteiger partial charge in [0.15, 0.2) is 0 Å². The number of nitrogens with one attached hydrogen (secondary N) is 1. The Morgan fingerprint density at radius 1 is 1.04 bits per heavy atom. The first-order chi connectivity index (χ1) is 13.3. The first-order valence-corrected chi connectivity index (χ1v) is 9.09. The third-order valence-electron chi connectivity index (χ3n) is 4.43. The van der Waals surface area contributed by atoms with E-state index in [-0.39, 0.29) is 18.0 Å². The van der Waals surface area contributed by atoms with Gasteiger partial charge in [-0.05, 0) is 56.2 Å². The highest BCUT2D eigenvalue weighted by Gasteiger charge is 2.16. The number of nitrogens with zero attached hydrogens (tertiary/aromatic N) is 3. The summed E-state index contributed by atoms with van der Waals surface area (Å²) in [5.74, 6) is 0.146. The molecule has 0 saturated heterocycles. The summed E-state index contributed by atoms with van der Waals surface area (Å²) in [6.45, 7) is 5.67. The van der Waals surface area contributed by atoms with Crippen molar-refractivity contribution >= 4 is 23.2 Å². The van der Waals surface area contributed by atoms with Crippen LogP contribution in [0.3, 0.4) is 0 Å². The van der Waals surface area contributed by atoms with E-state index in [1.54, 1.807) is 14.0 Å². The third-order valence-corrected chi connectivity index (χ3v) is 4.43. The van der Waals surface area contributed by atoms with Gasteiger partial charge in [-0.2, -0.15) is 0 Å². The van der Waals surface area contributed by atoms with Crippen LogP contribution in [0.1, 0.15) is 16.8 Å². The van der Waals surface area contributed by atoms with Crippen LogP contribution in [0.5, 0.6) is 0 Å². The van der Waals surface area contributed by atoms with Crippen LogP contribution in [0, 0.1) is 20.8 Å². The average Bonchev–Trinajstić information content (AvgIpc) is 2.63. The van der Waals surface area contributed by atoms with Crippen LogP contribution in [0.15, 0.2) is 59.4 Å². The first kappa shape index (κ1) is 19.4. The molecule has 0 atom stereocenters. The Hall–Kier alpha value is -3.41. The Bertz CT molecular complexity index is 1040. The molecule has 6 nitrogen and oxygen atoms in total. The molecular weight excluding hydrogens is 352 g/mol. The van der Waals surface area contributed by atoms with Crippen molar-refractivity contribution in [1.29, 1.82) is 0 Å². The van der Waals surface area contributed by atoms with Gasteiger partial charge >= 0.3 is 0 Å². The lowest BCUT2D eigenvalue weighted by Gasteiger charge is -2.20. The van der Waals surface area contributed by atoms with Crippen molar-refractivity contribution in [1.82, 2.24) is 9.55 Å². The van der Waals surface area contributed by atoms with Gasteiger partial charge in [-0.25, -0.2) is 4.98 Å². The molecule has 0 aliphatic heterocycles. The number of hydrogen-bond donors (Lipinski definition) is 1. The van der Waals surface area contributed by atoms with E-state index in [2.05, 4.69) is 16.4 Å². The summed E-state index contributed by atoms with van der Waals surface area (Å²) in [4.78, 5) is 31.4. The molecule has 1 amide bonds. The van der Waals surface area contributed by atoms with E-state index in [4.69, 9.17) is 0 Å². The number of hydrogen-bond acceptors (Lipinski definition) is 4. The second-order valence-corrected chi connectivity index (χ2v) is 6.94. The van der Waals surface area contributed by atoms with Gasteiger partial charge in [0.2, 0.25) is 11.9 Å². The molecule has 0 saturated carbocycles. The second-order valence-electron chi connectivity index (χ2n) is 6.94. The quantitative estimate of drug-likeness (QED) is 0.739. The highest BCUT2D eigenvalue weighted by atomic mass is 16.2.